The lowest BCUT2D eigenvalue weighted by Gasteiger charge is -2.02. The molecule has 0 amide bonds. The maximum absolute atomic E-state index is 11.2. The Morgan fingerprint density at radius 2 is 1.62 bits per heavy atom. The van der Waals surface area contributed by atoms with E-state index in [1.807, 2.05) is 30.5 Å². The molecule has 2 N–H and O–H groups in total. The lowest BCUT2D eigenvalue weighted by Crippen LogP contribution is -2.11. The Morgan fingerprint density at radius 1 is 0.917 bits per heavy atom. The van der Waals surface area contributed by atoms with Crippen LogP contribution in [-0.2, 0) is 16.4 Å². The average molecular weight is 338 g/mol. The van der Waals surface area contributed by atoms with Crippen molar-refractivity contribution in [2.24, 2.45) is 10.1 Å². The van der Waals surface area contributed by atoms with Crippen molar-refractivity contribution in [2.45, 2.75) is 11.3 Å². The molecule has 3 aromatic carbocycles. The van der Waals surface area contributed by atoms with Crippen molar-refractivity contribution in [3.05, 3.63) is 77.9 Å². The summed E-state index contributed by atoms with van der Waals surface area (Å²) in [6, 6.07) is 21.0. The summed E-state index contributed by atoms with van der Waals surface area (Å²) in [5, 5.41) is 7.46. The van der Waals surface area contributed by atoms with E-state index in [9.17, 15) is 8.42 Å². The SMILES string of the molecule is NS(=O)(=O)c1ccc(CCN=Cc2cccc3ccccc23)cc1. The van der Waals surface area contributed by atoms with E-state index in [1.165, 1.54) is 22.9 Å². The van der Waals surface area contributed by atoms with Gasteiger partial charge in [-0.25, -0.2) is 13.6 Å². The summed E-state index contributed by atoms with van der Waals surface area (Å²) in [5.41, 5.74) is 2.12. The Labute approximate surface area is 141 Å². The molecule has 0 bridgehead atoms. The predicted molar refractivity (Wildman–Crippen MR) is 97.9 cm³/mol. The summed E-state index contributed by atoms with van der Waals surface area (Å²) in [6.45, 7) is 0.637. The van der Waals surface area contributed by atoms with E-state index in [2.05, 4.69) is 23.2 Å². The summed E-state index contributed by atoms with van der Waals surface area (Å²) >= 11 is 0. The van der Waals surface area contributed by atoms with Crippen molar-refractivity contribution in [1.29, 1.82) is 0 Å². The molecule has 0 atom stereocenters. The maximum Gasteiger partial charge on any atom is 0.238 e. The monoisotopic (exact) mass is 338 g/mol. The van der Waals surface area contributed by atoms with E-state index < -0.39 is 10.0 Å². The Balaban J connectivity index is 1.66. The van der Waals surface area contributed by atoms with E-state index in [-0.39, 0.29) is 4.90 Å². The summed E-state index contributed by atoms with van der Waals surface area (Å²) in [5.74, 6) is 0. The van der Waals surface area contributed by atoms with Gasteiger partial charge in [0.1, 0.15) is 0 Å². The second kappa shape index (κ2) is 6.95. The summed E-state index contributed by atoms with van der Waals surface area (Å²) in [7, 11) is -3.63. The molecule has 122 valence electrons. The molecule has 3 aromatic rings. The molecule has 0 fully saturated rings. The van der Waals surface area contributed by atoms with E-state index in [0.29, 0.717) is 6.54 Å². The molecule has 0 unspecified atom stereocenters. The molecular weight excluding hydrogens is 320 g/mol. The number of fused-ring (bicyclic) bond motifs is 1. The molecule has 0 heterocycles. The van der Waals surface area contributed by atoms with Gasteiger partial charge in [-0.1, -0.05) is 54.6 Å². The second-order valence-corrected chi connectivity index (χ2v) is 7.10. The number of hydrogen-bond acceptors (Lipinski definition) is 3. The maximum atomic E-state index is 11.2. The zero-order valence-corrected chi connectivity index (χ0v) is 13.9. The minimum absolute atomic E-state index is 0.130. The Morgan fingerprint density at radius 3 is 2.38 bits per heavy atom. The number of sulfonamides is 1. The van der Waals surface area contributed by atoms with Crippen LogP contribution in [0.25, 0.3) is 10.8 Å². The molecule has 0 aliphatic carbocycles. The molecule has 0 saturated heterocycles. The van der Waals surface area contributed by atoms with Crippen molar-refractivity contribution in [3.63, 3.8) is 0 Å². The van der Waals surface area contributed by atoms with Crippen LogP contribution in [0.5, 0.6) is 0 Å². The third-order valence-electron chi connectivity index (χ3n) is 3.84. The molecule has 5 heteroatoms. The molecule has 0 aliphatic rings. The number of aliphatic imine (C=N–C) groups is 1. The van der Waals surface area contributed by atoms with Gasteiger partial charge in [0.2, 0.25) is 10.0 Å². The highest BCUT2D eigenvalue weighted by atomic mass is 32.2. The van der Waals surface area contributed by atoms with Gasteiger partial charge in [-0.05, 0) is 34.9 Å². The first-order valence-corrected chi connectivity index (χ1v) is 9.18. The van der Waals surface area contributed by atoms with E-state index in [4.69, 9.17) is 5.14 Å². The fourth-order valence-corrected chi connectivity index (χ4v) is 3.08. The molecule has 24 heavy (non-hydrogen) atoms. The van der Waals surface area contributed by atoms with Crippen molar-refractivity contribution in [3.8, 4) is 0 Å². The van der Waals surface area contributed by atoms with Crippen molar-refractivity contribution in [1.82, 2.24) is 0 Å². The Hall–Kier alpha value is -2.50. The van der Waals surface area contributed by atoms with Crippen LogP contribution in [0, 0.1) is 0 Å². The van der Waals surface area contributed by atoms with Crippen molar-refractivity contribution >= 4 is 27.0 Å². The van der Waals surface area contributed by atoms with Gasteiger partial charge in [0, 0.05) is 18.3 Å². The van der Waals surface area contributed by atoms with Crippen molar-refractivity contribution < 1.29 is 8.42 Å². The number of nitrogens with two attached hydrogens (primary N) is 1. The van der Waals surface area contributed by atoms with Crippen LogP contribution in [0.2, 0.25) is 0 Å². The quantitative estimate of drug-likeness (QED) is 0.726. The van der Waals surface area contributed by atoms with Gasteiger partial charge >= 0.3 is 0 Å². The molecule has 0 aliphatic heterocycles. The molecular formula is C19H18N2O2S. The third-order valence-corrected chi connectivity index (χ3v) is 4.76. The van der Waals surface area contributed by atoms with Crippen LogP contribution in [0.4, 0.5) is 0 Å². The zero-order valence-electron chi connectivity index (χ0n) is 13.1. The van der Waals surface area contributed by atoms with Crippen molar-refractivity contribution in [2.75, 3.05) is 6.54 Å². The number of benzene rings is 3. The van der Waals surface area contributed by atoms with Crippen LogP contribution in [0.15, 0.2) is 76.6 Å². The van der Waals surface area contributed by atoms with Gasteiger partial charge < -0.3 is 0 Å². The van der Waals surface area contributed by atoms with Crippen LogP contribution >= 0.6 is 0 Å². The normalized spacial score (nSPS) is 12.0. The first kappa shape index (κ1) is 16.4. The summed E-state index contributed by atoms with van der Waals surface area (Å²) in [4.78, 5) is 4.62. The average Bonchev–Trinajstić information content (AvgIpc) is 2.58. The highest BCUT2D eigenvalue weighted by Crippen LogP contribution is 2.17. The van der Waals surface area contributed by atoms with Gasteiger partial charge in [-0.15, -0.1) is 0 Å². The molecule has 0 aromatic heterocycles. The molecule has 0 saturated carbocycles. The highest BCUT2D eigenvalue weighted by Gasteiger charge is 2.06. The zero-order chi connectivity index (χ0) is 17.0. The lowest BCUT2D eigenvalue weighted by molar-refractivity contribution is 0.598. The van der Waals surface area contributed by atoms with Gasteiger partial charge in [-0.3, -0.25) is 4.99 Å². The fourth-order valence-electron chi connectivity index (χ4n) is 2.57. The molecule has 0 radical (unpaired) electrons. The Bertz CT molecular complexity index is 972. The fraction of sp³-hybridized carbons (Fsp3) is 0.105. The topological polar surface area (TPSA) is 72.5 Å². The first-order chi connectivity index (χ1) is 11.5. The summed E-state index contributed by atoms with van der Waals surface area (Å²) in [6.07, 6.45) is 2.63. The van der Waals surface area contributed by atoms with Crippen LogP contribution in [-0.4, -0.2) is 21.2 Å². The van der Waals surface area contributed by atoms with Gasteiger partial charge in [0.25, 0.3) is 0 Å². The minimum atomic E-state index is -3.63. The predicted octanol–water partition coefficient (Wildman–Crippen LogP) is 3.15. The molecule has 4 nitrogen and oxygen atoms in total. The van der Waals surface area contributed by atoms with Gasteiger partial charge in [0.15, 0.2) is 0 Å². The largest absolute Gasteiger partial charge is 0.292 e. The Kier molecular flexibility index (Phi) is 4.74. The van der Waals surface area contributed by atoms with Gasteiger partial charge in [-0.2, -0.15) is 0 Å². The van der Waals surface area contributed by atoms with Gasteiger partial charge in [0.05, 0.1) is 4.90 Å². The second-order valence-electron chi connectivity index (χ2n) is 5.54. The van der Waals surface area contributed by atoms with Crippen LogP contribution < -0.4 is 5.14 Å². The van der Waals surface area contributed by atoms with E-state index in [0.717, 1.165) is 17.5 Å². The third kappa shape index (κ3) is 3.88. The summed E-state index contributed by atoms with van der Waals surface area (Å²) < 4.78 is 22.4. The number of rotatable bonds is 5. The smallest absolute Gasteiger partial charge is 0.238 e. The highest BCUT2D eigenvalue weighted by molar-refractivity contribution is 7.89. The van der Waals surface area contributed by atoms with Crippen LogP contribution in [0.1, 0.15) is 11.1 Å². The molecule has 0 spiro atoms. The first-order valence-electron chi connectivity index (χ1n) is 7.63. The number of nitrogens with zero attached hydrogens (tertiary/aromatic N) is 1. The van der Waals surface area contributed by atoms with Crippen LogP contribution in [0.3, 0.4) is 0 Å². The lowest BCUT2D eigenvalue weighted by atomic mass is 10.1. The standard InChI is InChI=1S/C19H18N2O2S/c20-24(22,23)18-10-8-15(9-11-18)12-13-21-14-17-6-3-5-16-4-1-2-7-19(16)17/h1-11,14H,12-13H2,(H2,20,22,23). The number of primary sulfonamides is 1. The van der Waals surface area contributed by atoms with E-state index >= 15 is 0 Å². The minimum Gasteiger partial charge on any atom is -0.292 e. The molecule has 3 rings (SSSR count). The van der Waals surface area contributed by atoms with E-state index in [1.54, 1.807) is 12.1 Å². The number of hydrogen-bond donors (Lipinski definition) is 1.